The van der Waals surface area contributed by atoms with E-state index in [1.165, 1.54) is 21.8 Å². The molecule has 0 spiro atoms. The SMILES string of the molecule is CCN(Cc1ccc(F)c(F)c1)C(=O)Cn1cc(N)cn1. The number of hydrogen-bond acceptors (Lipinski definition) is 3. The van der Waals surface area contributed by atoms with Crippen molar-refractivity contribution in [3.63, 3.8) is 0 Å². The van der Waals surface area contributed by atoms with Gasteiger partial charge in [-0.2, -0.15) is 5.10 Å². The number of amides is 1. The van der Waals surface area contributed by atoms with Crippen molar-refractivity contribution in [3.8, 4) is 0 Å². The van der Waals surface area contributed by atoms with E-state index in [1.54, 1.807) is 6.20 Å². The summed E-state index contributed by atoms with van der Waals surface area (Å²) in [5, 5.41) is 3.94. The predicted octanol–water partition coefficient (Wildman–Crippen LogP) is 1.79. The summed E-state index contributed by atoms with van der Waals surface area (Å²) in [6, 6.07) is 3.61. The molecule has 0 unspecified atom stereocenters. The summed E-state index contributed by atoms with van der Waals surface area (Å²) in [6.07, 6.45) is 3.02. The van der Waals surface area contributed by atoms with Gasteiger partial charge in [-0.15, -0.1) is 0 Å². The van der Waals surface area contributed by atoms with E-state index in [4.69, 9.17) is 5.73 Å². The Bertz CT molecular complexity index is 642. The monoisotopic (exact) mass is 294 g/mol. The standard InChI is InChI=1S/C14H16F2N4O/c1-2-19(7-10-3-4-12(15)13(16)5-10)14(21)9-20-8-11(17)6-18-20/h3-6,8H,2,7,9,17H2,1H3. The van der Waals surface area contributed by atoms with Gasteiger partial charge in [-0.25, -0.2) is 8.78 Å². The van der Waals surface area contributed by atoms with Crippen LogP contribution in [-0.4, -0.2) is 27.1 Å². The van der Waals surface area contributed by atoms with Gasteiger partial charge in [-0.05, 0) is 24.6 Å². The Labute approximate surface area is 121 Å². The summed E-state index contributed by atoms with van der Waals surface area (Å²) in [5.74, 6) is -2.00. The van der Waals surface area contributed by atoms with Crippen molar-refractivity contribution in [1.29, 1.82) is 0 Å². The number of halogens is 2. The highest BCUT2D eigenvalue weighted by Crippen LogP contribution is 2.11. The average Bonchev–Trinajstić information content (AvgIpc) is 2.85. The smallest absolute Gasteiger partial charge is 0.244 e. The molecule has 2 aromatic rings. The minimum absolute atomic E-state index is 0.0503. The van der Waals surface area contributed by atoms with Crippen LogP contribution in [0.4, 0.5) is 14.5 Å². The number of benzene rings is 1. The minimum atomic E-state index is -0.921. The molecule has 0 aliphatic heterocycles. The van der Waals surface area contributed by atoms with Gasteiger partial charge in [0, 0.05) is 19.3 Å². The Morgan fingerprint density at radius 1 is 1.38 bits per heavy atom. The van der Waals surface area contributed by atoms with Crippen molar-refractivity contribution in [2.75, 3.05) is 12.3 Å². The summed E-state index contributed by atoms with van der Waals surface area (Å²) in [6.45, 7) is 2.53. The quantitative estimate of drug-likeness (QED) is 0.914. The highest BCUT2D eigenvalue weighted by atomic mass is 19.2. The fourth-order valence-corrected chi connectivity index (χ4v) is 1.94. The highest BCUT2D eigenvalue weighted by molar-refractivity contribution is 5.76. The predicted molar refractivity (Wildman–Crippen MR) is 74.1 cm³/mol. The third kappa shape index (κ3) is 3.77. The minimum Gasteiger partial charge on any atom is -0.396 e. The summed E-state index contributed by atoms with van der Waals surface area (Å²) < 4.78 is 27.5. The van der Waals surface area contributed by atoms with Crippen LogP contribution in [0.3, 0.4) is 0 Å². The van der Waals surface area contributed by atoms with Gasteiger partial charge in [0.1, 0.15) is 6.54 Å². The zero-order valence-corrected chi connectivity index (χ0v) is 11.6. The molecule has 2 rings (SSSR count). The molecule has 0 aliphatic carbocycles. The third-order valence-corrected chi connectivity index (χ3v) is 3.04. The molecule has 0 aliphatic rings. The van der Waals surface area contributed by atoms with E-state index in [1.807, 2.05) is 6.92 Å². The molecule has 1 aromatic carbocycles. The van der Waals surface area contributed by atoms with E-state index in [0.29, 0.717) is 17.8 Å². The molecule has 112 valence electrons. The van der Waals surface area contributed by atoms with E-state index in [2.05, 4.69) is 5.10 Å². The van der Waals surface area contributed by atoms with Crippen LogP contribution in [0.2, 0.25) is 0 Å². The Balaban J connectivity index is 2.04. The summed E-state index contributed by atoms with van der Waals surface area (Å²) >= 11 is 0. The van der Waals surface area contributed by atoms with Crippen LogP contribution in [0.1, 0.15) is 12.5 Å². The number of anilines is 1. The number of nitrogens with zero attached hydrogens (tertiary/aromatic N) is 3. The molecule has 1 heterocycles. The van der Waals surface area contributed by atoms with Crippen LogP contribution >= 0.6 is 0 Å². The molecule has 21 heavy (non-hydrogen) atoms. The zero-order valence-electron chi connectivity index (χ0n) is 11.6. The fraction of sp³-hybridized carbons (Fsp3) is 0.286. The number of aromatic nitrogens is 2. The first kappa shape index (κ1) is 15.0. The van der Waals surface area contributed by atoms with Gasteiger partial charge in [0.15, 0.2) is 11.6 Å². The number of nitrogens with two attached hydrogens (primary N) is 1. The van der Waals surface area contributed by atoms with E-state index in [0.717, 1.165) is 12.1 Å². The second-order valence-corrected chi connectivity index (χ2v) is 4.63. The Hall–Kier alpha value is -2.44. The molecule has 1 aromatic heterocycles. The lowest BCUT2D eigenvalue weighted by Crippen LogP contribution is -2.33. The van der Waals surface area contributed by atoms with Crippen LogP contribution in [0.15, 0.2) is 30.6 Å². The number of rotatable bonds is 5. The van der Waals surface area contributed by atoms with Gasteiger partial charge in [-0.3, -0.25) is 9.48 Å². The molecular weight excluding hydrogens is 278 g/mol. The molecule has 0 fully saturated rings. The lowest BCUT2D eigenvalue weighted by Gasteiger charge is -2.21. The zero-order chi connectivity index (χ0) is 15.4. The maximum absolute atomic E-state index is 13.2. The molecule has 7 heteroatoms. The second-order valence-electron chi connectivity index (χ2n) is 4.63. The lowest BCUT2D eigenvalue weighted by molar-refractivity contribution is -0.132. The molecule has 0 saturated carbocycles. The normalized spacial score (nSPS) is 10.6. The summed E-state index contributed by atoms with van der Waals surface area (Å²) in [4.78, 5) is 13.7. The lowest BCUT2D eigenvalue weighted by atomic mass is 10.2. The Morgan fingerprint density at radius 2 is 2.14 bits per heavy atom. The van der Waals surface area contributed by atoms with E-state index >= 15 is 0 Å². The first-order valence-electron chi connectivity index (χ1n) is 6.49. The Morgan fingerprint density at radius 3 is 2.71 bits per heavy atom. The number of nitrogen functional groups attached to an aromatic ring is 1. The highest BCUT2D eigenvalue weighted by Gasteiger charge is 2.14. The first-order valence-corrected chi connectivity index (χ1v) is 6.49. The maximum Gasteiger partial charge on any atom is 0.244 e. The van der Waals surface area contributed by atoms with E-state index < -0.39 is 11.6 Å². The second kappa shape index (κ2) is 6.34. The maximum atomic E-state index is 13.2. The van der Waals surface area contributed by atoms with Gasteiger partial charge in [0.25, 0.3) is 0 Å². The topological polar surface area (TPSA) is 64.2 Å². The summed E-state index contributed by atoms with van der Waals surface area (Å²) in [5.41, 5.74) is 6.54. The van der Waals surface area contributed by atoms with Crippen LogP contribution in [0, 0.1) is 11.6 Å². The van der Waals surface area contributed by atoms with Crippen molar-refractivity contribution < 1.29 is 13.6 Å². The number of carbonyl (C=O) groups excluding carboxylic acids is 1. The van der Waals surface area contributed by atoms with Gasteiger partial charge in [-0.1, -0.05) is 6.07 Å². The molecule has 5 nitrogen and oxygen atoms in total. The van der Waals surface area contributed by atoms with E-state index in [9.17, 15) is 13.6 Å². The van der Waals surface area contributed by atoms with Crippen molar-refractivity contribution >= 4 is 11.6 Å². The third-order valence-electron chi connectivity index (χ3n) is 3.04. The van der Waals surface area contributed by atoms with Crippen molar-refractivity contribution in [3.05, 3.63) is 47.8 Å². The van der Waals surface area contributed by atoms with Crippen LogP contribution in [-0.2, 0) is 17.9 Å². The van der Waals surface area contributed by atoms with Crippen LogP contribution in [0.25, 0.3) is 0 Å². The first-order chi connectivity index (χ1) is 9.99. The molecule has 0 radical (unpaired) electrons. The Kier molecular flexibility index (Phi) is 4.52. The molecule has 1 amide bonds. The van der Waals surface area contributed by atoms with Gasteiger partial charge < -0.3 is 10.6 Å². The van der Waals surface area contributed by atoms with Crippen molar-refractivity contribution in [2.45, 2.75) is 20.0 Å². The van der Waals surface area contributed by atoms with Crippen molar-refractivity contribution in [2.24, 2.45) is 0 Å². The van der Waals surface area contributed by atoms with Crippen molar-refractivity contribution in [1.82, 2.24) is 14.7 Å². The number of likely N-dealkylation sites (N-methyl/N-ethyl adjacent to an activating group) is 1. The average molecular weight is 294 g/mol. The molecule has 2 N–H and O–H groups in total. The molecule has 0 bridgehead atoms. The molecule has 0 saturated heterocycles. The van der Waals surface area contributed by atoms with Gasteiger partial charge in [0.2, 0.25) is 5.91 Å². The fourth-order valence-electron chi connectivity index (χ4n) is 1.94. The molecular formula is C14H16F2N4O. The van der Waals surface area contributed by atoms with E-state index in [-0.39, 0.29) is 19.0 Å². The number of hydrogen-bond donors (Lipinski definition) is 1. The number of carbonyl (C=O) groups is 1. The van der Waals surface area contributed by atoms with Gasteiger partial charge in [0.05, 0.1) is 11.9 Å². The summed E-state index contributed by atoms with van der Waals surface area (Å²) in [7, 11) is 0. The van der Waals surface area contributed by atoms with Gasteiger partial charge >= 0.3 is 0 Å². The van der Waals surface area contributed by atoms with Crippen LogP contribution < -0.4 is 5.73 Å². The van der Waals surface area contributed by atoms with Crippen LogP contribution in [0.5, 0.6) is 0 Å². The largest absolute Gasteiger partial charge is 0.396 e. The molecule has 0 atom stereocenters.